The van der Waals surface area contributed by atoms with E-state index >= 15 is 4.39 Å². The van der Waals surface area contributed by atoms with E-state index in [9.17, 15) is 13.6 Å². The first-order valence-electron chi connectivity index (χ1n) is 16.1. The molecule has 0 radical (unpaired) electrons. The van der Waals surface area contributed by atoms with Crippen LogP contribution in [-0.4, -0.2) is 89.3 Å². The number of aromatic nitrogens is 2. The average Bonchev–Trinajstić information content (AvgIpc) is 3.58. The summed E-state index contributed by atoms with van der Waals surface area (Å²) in [5.41, 5.74) is 3.82. The van der Waals surface area contributed by atoms with Crippen LogP contribution in [0.15, 0.2) is 42.7 Å². The third kappa shape index (κ3) is 5.46. The first-order valence-corrected chi connectivity index (χ1v) is 16.1. The largest absolute Gasteiger partial charge is 0.461 e. The fourth-order valence-electron chi connectivity index (χ4n) is 8.04. The number of piperazine rings is 1. The maximum atomic E-state index is 16.1. The van der Waals surface area contributed by atoms with Crippen LogP contribution < -0.4 is 9.64 Å². The minimum Gasteiger partial charge on any atom is -0.461 e. The molecule has 3 aliphatic heterocycles. The molecule has 0 saturated carbocycles. The molecule has 4 aliphatic rings. The van der Waals surface area contributed by atoms with Crippen LogP contribution in [0.1, 0.15) is 43.2 Å². The Balaban J connectivity index is 1.29. The quantitative estimate of drug-likeness (QED) is 0.247. The number of carbonyl (C=O) groups is 1. The Hall–Kier alpha value is -4.17. The Morgan fingerprint density at radius 1 is 1.11 bits per heavy atom. The molecule has 1 amide bonds. The molecule has 0 unspecified atom stereocenters. The molecule has 3 aromatic rings. The normalized spacial score (nSPS) is 24.5. The van der Waals surface area contributed by atoms with E-state index < -0.39 is 35.3 Å². The molecule has 3 fully saturated rings. The van der Waals surface area contributed by atoms with E-state index in [-0.39, 0.29) is 38.8 Å². The summed E-state index contributed by atoms with van der Waals surface area (Å²) >= 11 is 0. The Labute approximate surface area is 266 Å². The van der Waals surface area contributed by atoms with Crippen LogP contribution in [0.3, 0.4) is 0 Å². The third-order valence-electron chi connectivity index (χ3n) is 10.2. The van der Waals surface area contributed by atoms with Gasteiger partial charge in [0.15, 0.2) is 5.83 Å². The molecule has 11 heteroatoms. The number of hydrogen-bond donors (Lipinski definition) is 0. The number of benzene rings is 2. The topological polar surface area (TPSA) is 66.2 Å². The zero-order chi connectivity index (χ0) is 32.0. The number of rotatable bonds is 7. The molecule has 3 atom stereocenters. The lowest BCUT2D eigenvalue weighted by atomic mass is 9.85. The van der Waals surface area contributed by atoms with Crippen molar-refractivity contribution in [1.82, 2.24) is 19.8 Å². The van der Waals surface area contributed by atoms with Gasteiger partial charge in [0.1, 0.15) is 30.5 Å². The van der Waals surface area contributed by atoms with Gasteiger partial charge in [-0.3, -0.25) is 9.69 Å². The highest BCUT2D eigenvalue weighted by Crippen LogP contribution is 2.41. The van der Waals surface area contributed by atoms with Crippen molar-refractivity contribution in [1.29, 1.82) is 0 Å². The number of halogens is 3. The van der Waals surface area contributed by atoms with Gasteiger partial charge in [-0.2, -0.15) is 9.97 Å². The van der Waals surface area contributed by atoms with E-state index in [0.29, 0.717) is 35.2 Å². The molecule has 46 heavy (non-hydrogen) atoms. The van der Waals surface area contributed by atoms with E-state index in [4.69, 9.17) is 21.3 Å². The fourth-order valence-corrected chi connectivity index (χ4v) is 8.04. The lowest BCUT2D eigenvalue weighted by molar-refractivity contribution is -0.131. The van der Waals surface area contributed by atoms with Crippen LogP contribution in [0, 0.1) is 12.4 Å². The standard InChI is InChI=1S/C35H37F3N6O2/c1-22(36)33(45)44-14-13-42(20-25(44)18-39-2)32-29-15-30(38)28(27-10-5-8-23-7-3-4-9-26(23)27)16-31(29)40-34(41-32)46-21-35-11-6-12-43(35)19-24(37)17-35/h5,8,10,15-16,24-25H,1,3-4,6-7,9,11-14,17-21H2/t24-,25+,35+/m1/s1. The van der Waals surface area contributed by atoms with Gasteiger partial charge in [0.2, 0.25) is 6.54 Å². The average molecular weight is 631 g/mol. The van der Waals surface area contributed by atoms with Crippen LogP contribution in [-0.2, 0) is 17.6 Å². The monoisotopic (exact) mass is 630 g/mol. The lowest BCUT2D eigenvalue weighted by Crippen LogP contribution is -2.56. The van der Waals surface area contributed by atoms with E-state index in [2.05, 4.69) is 22.4 Å². The molecule has 1 aliphatic carbocycles. The SMILES string of the molecule is [C-]#[N+]C[C@H]1CN(c2nc(OC[C@@]34CCCN3C[C@H](F)C4)nc3cc(-c4cccc5c4CCCC5)c(F)cc23)CCN1C(=O)C(=C)F. The molecule has 7 rings (SSSR count). The molecule has 3 saturated heterocycles. The summed E-state index contributed by atoms with van der Waals surface area (Å²) in [6, 6.07) is 8.74. The fraction of sp³-hybridized carbons (Fsp3) is 0.486. The summed E-state index contributed by atoms with van der Waals surface area (Å²) in [7, 11) is 0. The number of hydrogen-bond acceptors (Lipinski definition) is 6. The number of nitrogens with zero attached hydrogens (tertiary/aromatic N) is 6. The molecular formula is C35H37F3N6O2. The van der Waals surface area contributed by atoms with E-state index in [1.165, 1.54) is 16.5 Å². The smallest absolute Gasteiger partial charge is 0.319 e. The third-order valence-corrected chi connectivity index (χ3v) is 10.2. The predicted molar refractivity (Wildman–Crippen MR) is 170 cm³/mol. The Bertz CT molecular complexity index is 1740. The van der Waals surface area contributed by atoms with E-state index in [0.717, 1.165) is 56.2 Å². The van der Waals surface area contributed by atoms with Gasteiger partial charge in [0.25, 0.3) is 5.91 Å². The molecule has 2 aromatic carbocycles. The maximum absolute atomic E-state index is 16.1. The van der Waals surface area contributed by atoms with Gasteiger partial charge in [-0.1, -0.05) is 24.8 Å². The van der Waals surface area contributed by atoms with Crippen LogP contribution >= 0.6 is 0 Å². The Kier molecular flexibility index (Phi) is 8.09. The van der Waals surface area contributed by atoms with Crippen molar-refractivity contribution in [2.45, 2.75) is 62.7 Å². The Morgan fingerprint density at radius 3 is 2.78 bits per heavy atom. The van der Waals surface area contributed by atoms with Gasteiger partial charge < -0.3 is 19.4 Å². The summed E-state index contributed by atoms with van der Waals surface area (Å²) in [6.45, 7) is 12.6. The summed E-state index contributed by atoms with van der Waals surface area (Å²) in [5.74, 6) is -1.90. The van der Waals surface area contributed by atoms with Gasteiger partial charge in [0, 0.05) is 43.5 Å². The maximum Gasteiger partial charge on any atom is 0.319 e. The number of amides is 1. The minimum atomic E-state index is -1.08. The van der Waals surface area contributed by atoms with Gasteiger partial charge >= 0.3 is 6.01 Å². The molecule has 1 aromatic heterocycles. The molecule has 4 heterocycles. The van der Waals surface area contributed by atoms with Crippen molar-refractivity contribution in [2.24, 2.45) is 0 Å². The number of fused-ring (bicyclic) bond motifs is 3. The number of ether oxygens (including phenoxy) is 1. The van der Waals surface area contributed by atoms with Crippen molar-refractivity contribution in [2.75, 3.05) is 50.8 Å². The van der Waals surface area contributed by atoms with Crippen molar-refractivity contribution in [3.63, 3.8) is 0 Å². The van der Waals surface area contributed by atoms with Crippen LogP contribution in [0.25, 0.3) is 26.9 Å². The molecule has 240 valence electrons. The summed E-state index contributed by atoms with van der Waals surface area (Å²) in [5, 5.41) is 0.472. The first-order chi connectivity index (χ1) is 22.3. The summed E-state index contributed by atoms with van der Waals surface area (Å²) < 4.78 is 50.7. The van der Waals surface area contributed by atoms with Crippen LogP contribution in [0.4, 0.5) is 19.0 Å². The second-order valence-electron chi connectivity index (χ2n) is 13.0. The highest BCUT2D eigenvalue weighted by Gasteiger charge is 2.49. The van der Waals surface area contributed by atoms with Gasteiger partial charge in [-0.15, -0.1) is 0 Å². The number of alkyl halides is 1. The first kappa shape index (κ1) is 30.5. The van der Waals surface area contributed by atoms with Crippen molar-refractivity contribution in [3.8, 4) is 17.1 Å². The molecule has 0 N–H and O–H groups in total. The summed E-state index contributed by atoms with van der Waals surface area (Å²) in [4.78, 5) is 30.9. The van der Waals surface area contributed by atoms with E-state index in [1.54, 1.807) is 6.07 Å². The zero-order valence-corrected chi connectivity index (χ0v) is 25.8. The Morgan fingerprint density at radius 2 is 1.96 bits per heavy atom. The highest BCUT2D eigenvalue weighted by molar-refractivity contribution is 5.94. The van der Waals surface area contributed by atoms with Crippen LogP contribution in [0.5, 0.6) is 6.01 Å². The lowest BCUT2D eigenvalue weighted by Gasteiger charge is -2.39. The van der Waals surface area contributed by atoms with Crippen molar-refractivity contribution >= 4 is 22.6 Å². The molecular weight excluding hydrogens is 593 g/mol. The van der Waals surface area contributed by atoms with Crippen molar-refractivity contribution < 1.29 is 22.7 Å². The molecule has 0 spiro atoms. The van der Waals surface area contributed by atoms with Gasteiger partial charge in [-0.05, 0) is 73.9 Å². The summed E-state index contributed by atoms with van der Waals surface area (Å²) in [6.07, 6.45) is 5.32. The number of carbonyl (C=O) groups excluding carboxylic acids is 1. The second kappa shape index (κ2) is 12.2. The molecule has 8 nitrogen and oxygen atoms in total. The molecule has 0 bridgehead atoms. The second-order valence-corrected chi connectivity index (χ2v) is 13.0. The number of aryl methyl sites for hydroxylation is 1. The van der Waals surface area contributed by atoms with Gasteiger partial charge in [-0.25, -0.2) is 19.7 Å². The predicted octanol–water partition coefficient (Wildman–Crippen LogP) is 5.69. The number of anilines is 1. The van der Waals surface area contributed by atoms with Crippen molar-refractivity contribution in [3.05, 3.63) is 71.1 Å². The van der Waals surface area contributed by atoms with Crippen LogP contribution in [0.2, 0.25) is 0 Å². The zero-order valence-electron chi connectivity index (χ0n) is 25.8. The minimum absolute atomic E-state index is 0.0394. The highest BCUT2D eigenvalue weighted by atomic mass is 19.1. The van der Waals surface area contributed by atoms with E-state index in [1.807, 2.05) is 17.0 Å². The van der Waals surface area contributed by atoms with Gasteiger partial charge in [0.05, 0.1) is 11.1 Å².